The first kappa shape index (κ1) is 20.2. The molecule has 0 fully saturated rings. The normalized spacial score (nSPS) is 16.4. The molecular formula is C9H10F10O2. The average molecular weight is 340 g/mol. The van der Waals surface area contributed by atoms with Crippen LogP contribution in [0.4, 0.5) is 43.9 Å². The standard InChI is InChI=1S/C9H10F10O2/c1-4(2-3-20)21-5(6(10,11)8(14,15)16)7(12,13)9(17,18)19/h4-5,20H,2-3H2,1H3. The van der Waals surface area contributed by atoms with Crippen LogP contribution in [0.25, 0.3) is 0 Å². The zero-order valence-corrected chi connectivity index (χ0v) is 10.2. The van der Waals surface area contributed by atoms with Crippen LogP contribution in [0.1, 0.15) is 13.3 Å². The molecule has 1 unspecified atom stereocenters. The molecule has 1 N–H and O–H groups in total. The summed E-state index contributed by atoms with van der Waals surface area (Å²) in [4.78, 5) is 0. The molecule has 0 aromatic heterocycles. The van der Waals surface area contributed by atoms with Crippen LogP contribution in [-0.4, -0.2) is 48.1 Å². The van der Waals surface area contributed by atoms with E-state index < -0.39 is 49.4 Å². The van der Waals surface area contributed by atoms with Crippen LogP contribution < -0.4 is 0 Å². The molecule has 0 aliphatic heterocycles. The maximum absolute atomic E-state index is 12.9. The second kappa shape index (κ2) is 6.15. The van der Waals surface area contributed by atoms with Gasteiger partial charge in [-0.3, -0.25) is 0 Å². The maximum Gasteiger partial charge on any atom is 0.456 e. The van der Waals surface area contributed by atoms with Crippen molar-refractivity contribution in [2.45, 2.75) is 49.8 Å². The van der Waals surface area contributed by atoms with E-state index in [0.29, 0.717) is 6.92 Å². The Hall–Kier alpha value is -0.780. The second-order valence-electron chi connectivity index (χ2n) is 4.08. The van der Waals surface area contributed by atoms with E-state index in [1.54, 1.807) is 0 Å². The highest BCUT2D eigenvalue weighted by atomic mass is 19.4. The Kier molecular flexibility index (Phi) is 5.92. The van der Waals surface area contributed by atoms with Crippen LogP contribution >= 0.6 is 0 Å². The molecule has 0 radical (unpaired) electrons. The van der Waals surface area contributed by atoms with Crippen LogP contribution in [0, 0.1) is 0 Å². The fourth-order valence-electron chi connectivity index (χ4n) is 1.18. The van der Waals surface area contributed by atoms with Gasteiger partial charge in [0.1, 0.15) is 0 Å². The number of aliphatic hydroxyl groups excluding tert-OH is 1. The number of rotatable bonds is 6. The molecule has 0 aliphatic carbocycles. The van der Waals surface area contributed by atoms with Crippen molar-refractivity contribution < 1.29 is 53.7 Å². The van der Waals surface area contributed by atoms with E-state index >= 15 is 0 Å². The molecular weight excluding hydrogens is 330 g/mol. The second-order valence-corrected chi connectivity index (χ2v) is 4.08. The molecule has 1 atom stereocenters. The third-order valence-corrected chi connectivity index (χ3v) is 2.32. The molecule has 0 amide bonds. The summed E-state index contributed by atoms with van der Waals surface area (Å²) in [5, 5.41) is 8.38. The number of hydrogen-bond acceptors (Lipinski definition) is 2. The average Bonchev–Trinajstić information content (AvgIpc) is 2.22. The maximum atomic E-state index is 12.9. The molecule has 0 heterocycles. The van der Waals surface area contributed by atoms with Crippen molar-refractivity contribution in [2.24, 2.45) is 0 Å². The molecule has 0 saturated heterocycles. The van der Waals surface area contributed by atoms with Gasteiger partial charge >= 0.3 is 24.2 Å². The van der Waals surface area contributed by atoms with E-state index in [1.807, 2.05) is 0 Å². The van der Waals surface area contributed by atoms with Crippen molar-refractivity contribution in [1.82, 2.24) is 0 Å². The molecule has 0 rings (SSSR count). The lowest BCUT2D eigenvalue weighted by Gasteiger charge is -2.36. The molecule has 0 aromatic rings. The van der Waals surface area contributed by atoms with Gasteiger partial charge in [0, 0.05) is 6.61 Å². The summed E-state index contributed by atoms with van der Waals surface area (Å²) in [7, 11) is 0. The van der Waals surface area contributed by atoms with Gasteiger partial charge in [-0.2, -0.15) is 43.9 Å². The van der Waals surface area contributed by atoms with Crippen molar-refractivity contribution >= 4 is 0 Å². The summed E-state index contributed by atoms with van der Waals surface area (Å²) in [5.41, 5.74) is 0. The highest BCUT2D eigenvalue weighted by molar-refractivity contribution is 4.98. The van der Waals surface area contributed by atoms with Gasteiger partial charge in [-0.25, -0.2) is 0 Å². The summed E-state index contributed by atoms with van der Waals surface area (Å²) in [6.07, 6.45) is -20.7. The van der Waals surface area contributed by atoms with Crippen LogP contribution in [0.5, 0.6) is 0 Å². The monoisotopic (exact) mass is 340 g/mol. The zero-order valence-electron chi connectivity index (χ0n) is 10.2. The lowest BCUT2D eigenvalue weighted by Crippen LogP contribution is -2.62. The fraction of sp³-hybridized carbons (Fsp3) is 1.00. The largest absolute Gasteiger partial charge is 0.456 e. The van der Waals surface area contributed by atoms with Crippen molar-refractivity contribution in [2.75, 3.05) is 6.61 Å². The van der Waals surface area contributed by atoms with Crippen LogP contribution in [0.15, 0.2) is 0 Å². The van der Waals surface area contributed by atoms with E-state index in [-0.39, 0.29) is 0 Å². The summed E-state index contributed by atoms with van der Waals surface area (Å²) in [6.45, 7) is -0.203. The van der Waals surface area contributed by atoms with Gasteiger partial charge in [-0.1, -0.05) is 0 Å². The summed E-state index contributed by atoms with van der Waals surface area (Å²) in [6, 6.07) is 0. The number of alkyl halides is 10. The Labute approximate surface area is 111 Å². The van der Waals surface area contributed by atoms with Gasteiger partial charge in [0.05, 0.1) is 6.10 Å². The smallest absolute Gasteiger partial charge is 0.396 e. The van der Waals surface area contributed by atoms with Gasteiger partial charge in [0.15, 0.2) is 0 Å². The lowest BCUT2D eigenvalue weighted by atomic mass is 10.0. The minimum absolute atomic E-state index is 0.669. The highest BCUT2D eigenvalue weighted by Crippen LogP contribution is 2.50. The van der Waals surface area contributed by atoms with E-state index in [9.17, 15) is 43.9 Å². The van der Waals surface area contributed by atoms with E-state index in [1.165, 1.54) is 0 Å². The van der Waals surface area contributed by atoms with Crippen molar-refractivity contribution in [3.05, 3.63) is 0 Å². The van der Waals surface area contributed by atoms with Crippen LogP contribution in [0.2, 0.25) is 0 Å². The number of ether oxygens (including phenoxy) is 1. The van der Waals surface area contributed by atoms with Gasteiger partial charge in [-0.05, 0) is 13.3 Å². The van der Waals surface area contributed by atoms with Gasteiger partial charge < -0.3 is 9.84 Å². The van der Waals surface area contributed by atoms with E-state index in [0.717, 1.165) is 0 Å². The van der Waals surface area contributed by atoms with E-state index in [4.69, 9.17) is 5.11 Å². The zero-order chi connectivity index (χ0) is 17.3. The molecule has 12 heteroatoms. The highest BCUT2D eigenvalue weighted by Gasteiger charge is 2.77. The van der Waals surface area contributed by atoms with Gasteiger partial charge in [0.25, 0.3) is 0 Å². The summed E-state index contributed by atoms with van der Waals surface area (Å²) < 4.78 is 128. The Morgan fingerprint density at radius 2 is 1.14 bits per heavy atom. The number of hydrogen-bond donors (Lipinski definition) is 1. The SMILES string of the molecule is CC(CCO)OC(C(F)(F)C(F)(F)F)C(F)(F)C(F)(F)F. The Balaban J connectivity index is 5.71. The third kappa shape index (κ3) is 4.34. The first-order chi connectivity index (χ1) is 9.09. The summed E-state index contributed by atoms with van der Waals surface area (Å²) in [5.74, 6) is -12.9. The van der Waals surface area contributed by atoms with Gasteiger partial charge in [-0.15, -0.1) is 0 Å². The minimum Gasteiger partial charge on any atom is -0.396 e. The molecule has 2 nitrogen and oxygen atoms in total. The first-order valence-corrected chi connectivity index (χ1v) is 5.24. The summed E-state index contributed by atoms with van der Waals surface area (Å²) >= 11 is 0. The molecule has 0 aliphatic rings. The topological polar surface area (TPSA) is 29.5 Å². The van der Waals surface area contributed by atoms with E-state index in [2.05, 4.69) is 4.74 Å². The molecule has 21 heavy (non-hydrogen) atoms. The molecule has 128 valence electrons. The molecule has 0 spiro atoms. The molecule has 0 saturated carbocycles. The van der Waals surface area contributed by atoms with Crippen LogP contribution in [-0.2, 0) is 4.74 Å². The Bertz CT molecular complexity index is 308. The Morgan fingerprint density at radius 1 is 0.810 bits per heavy atom. The quantitative estimate of drug-likeness (QED) is 0.750. The fourth-order valence-corrected chi connectivity index (χ4v) is 1.18. The first-order valence-electron chi connectivity index (χ1n) is 5.24. The predicted molar refractivity (Wildman–Crippen MR) is 48.0 cm³/mol. The molecule has 0 bridgehead atoms. The van der Waals surface area contributed by atoms with Crippen LogP contribution in [0.3, 0.4) is 0 Å². The number of aliphatic hydroxyl groups is 1. The van der Waals surface area contributed by atoms with Crippen molar-refractivity contribution in [1.29, 1.82) is 0 Å². The van der Waals surface area contributed by atoms with Gasteiger partial charge in [0.2, 0.25) is 6.10 Å². The Morgan fingerprint density at radius 3 is 1.38 bits per heavy atom. The van der Waals surface area contributed by atoms with Crippen molar-refractivity contribution in [3.8, 4) is 0 Å². The number of halogens is 10. The molecule has 0 aromatic carbocycles. The van der Waals surface area contributed by atoms with Crippen molar-refractivity contribution in [3.63, 3.8) is 0 Å². The predicted octanol–water partition coefficient (Wildman–Crippen LogP) is 3.54. The minimum atomic E-state index is -6.68. The lowest BCUT2D eigenvalue weighted by molar-refractivity contribution is -0.395. The third-order valence-electron chi connectivity index (χ3n) is 2.32.